The minimum atomic E-state index is -2.33. The molecule has 0 saturated heterocycles. The number of benzene rings is 9. The number of para-hydroxylation sites is 2. The minimum Gasteiger partial charge on any atom is -0.860 e. The molecular formula is C48H35BO4P-. The molecular weight excluding hydrogens is 682 g/mol. The van der Waals surface area contributed by atoms with Crippen molar-refractivity contribution >= 4 is 68.1 Å². The first-order valence-electron chi connectivity index (χ1n) is 17.8. The number of hydrogen-bond acceptors (Lipinski definition) is 4. The van der Waals surface area contributed by atoms with Crippen LogP contribution in [0.25, 0.3) is 32.3 Å². The molecule has 9 aromatic rings. The normalized spacial score (nSPS) is 11.1. The molecule has 0 unspecified atom stereocenters. The standard InChI is InChI=1S/C30H24OP.C18H11BO3/c1-5-15-25(16-6-1)31-29-23-13-14-24-30(29)32(26-17-7-2-8-18-26,27-19-9-3-10-20-27)28-21-11-4-12-22-28;20-19(21)22-17-7-3-6-12-8-9-15-10-13-4-1-2-5-14(13)11-16(15)18(12)17/h1-24H;1-11H/q+1;-2. The lowest BCUT2D eigenvalue weighted by Gasteiger charge is -2.28. The van der Waals surface area contributed by atoms with Gasteiger partial charge in [0.15, 0.2) is 11.1 Å². The lowest BCUT2D eigenvalue weighted by Crippen LogP contribution is -2.50. The van der Waals surface area contributed by atoms with Gasteiger partial charge in [-0.05, 0) is 106 Å². The summed E-state index contributed by atoms with van der Waals surface area (Å²) in [6, 6.07) is 72.8. The van der Waals surface area contributed by atoms with Gasteiger partial charge in [0.2, 0.25) is 0 Å². The maximum Gasteiger partial charge on any atom is 0.170 e. The van der Waals surface area contributed by atoms with Crippen LogP contribution < -0.4 is 40.7 Å². The van der Waals surface area contributed by atoms with Crippen LogP contribution in [0.15, 0.2) is 212 Å². The largest absolute Gasteiger partial charge is 0.860 e. The first-order valence-corrected chi connectivity index (χ1v) is 19.6. The molecule has 9 rings (SSSR count). The Morgan fingerprint density at radius 3 is 1.44 bits per heavy atom. The van der Waals surface area contributed by atoms with Crippen molar-refractivity contribution in [3.05, 3.63) is 212 Å². The summed E-state index contributed by atoms with van der Waals surface area (Å²) in [4.78, 5) is 0. The molecule has 54 heavy (non-hydrogen) atoms. The Labute approximate surface area is 316 Å². The third-order valence-electron chi connectivity index (χ3n) is 9.54. The second kappa shape index (κ2) is 15.8. The summed E-state index contributed by atoms with van der Waals surface area (Å²) in [6.07, 6.45) is 0. The van der Waals surface area contributed by atoms with Crippen LogP contribution in [0.2, 0.25) is 0 Å². The Kier molecular flexibility index (Phi) is 10.2. The zero-order valence-electron chi connectivity index (χ0n) is 29.4. The van der Waals surface area contributed by atoms with Gasteiger partial charge in [0.1, 0.15) is 42.0 Å². The zero-order valence-corrected chi connectivity index (χ0v) is 30.3. The van der Waals surface area contributed by atoms with Crippen LogP contribution in [0.3, 0.4) is 0 Å². The van der Waals surface area contributed by atoms with E-state index < -0.39 is 14.6 Å². The SMILES string of the molecule is [O-]B([O-])Oc1cccc2ccc3cc4ccccc4cc3c12.c1ccc(Oc2ccccc2[P+](c2ccccc2)(c2ccccc2)c2ccccc2)cc1. The van der Waals surface area contributed by atoms with Gasteiger partial charge in [0, 0.05) is 5.39 Å². The van der Waals surface area contributed by atoms with Gasteiger partial charge in [-0.3, -0.25) is 0 Å². The fourth-order valence-electron chi connectivity index (χ4n) is 7.22. The molecule has 0 radical (unpaired) electrons. The van der Waals surface area contributed by atoms with E-state index in [0.717, 1.165) is 43.8 Å². The van der Waals surface area contributed by atoms with E-state index in [0.29, 0.717) is 5.75 Å². The van der Waals surface area contributed by atoms with Crippen LogP contribution in [0.5, 0.6) is 17.2 Å². The van der Waals surface area contributed by atoms with Crippen molar-refractivity contribution in [3.63, 3.8) is 0 Å². The van der Waals surface area contributed by atoms with Gasteiger partial charge in [0.05, 0.1) is 0 Å². The summed E-state index contributed by atoms with van der Waals surface area (Å²) >= 11 is 0. The first kappa shape index (κ1) is 34.8. The van der Waals surface area contributed by atoms with Crippen molar-refractivity contribution in [1.29, 1.82) is 0 Å². The van der Waals surface area contributed by atoms with Crippen LogP contribution in [0.4, 0.5) is 0 Å². The molecule has 9 aromatic carbocycles. The highest BCUT2D eigenvalue weighted by Gasteiger charge is 2.49. The zero-order chi connectivity index (χ0) is 36.7. The van der Waals surface area contributed by atoms with E-state index in [1.165, 1.54) is 21.2 Å². The predicted molar refractivity (Wildman–Crippen MR) is 223 cm³/mol. The first-order chi connectivity index (χ1) is 26.6. The molecule has 0 amide bonds. The number of hydrogen-bond donors (Lipinski definition) is 0. The van der Waals surface area contributed by atoms with Crippen molar-refractivity contribution in [2.24, 2.45) is 0 Å². The molecule has 0 bridgehead atoms. The summed E-state index contributed by atoms with van der Waals surface area (Å²) < 4.78 is 11.4. The second-order valence-electron chi connectivity index (χ2n) is 12.8. The number of fused-ring (bicyclic) bond motifs is 4. The highest BCUT2D eigenvalue weighted by Crippen LogP contribution is 2.56. The van der Waals surface area contributed by atoms with Gasteiger partial charge in [-0.2, -0.15) is 0 Å². The average molecular weight is 718 g/mol. The highest BCUT2D eigenvalue weighted by molar-refractivity contribution is 8.01. The summed E-state index contributed by atoms with van der Waals surface area (Å²) in [7, 11) is -4.54. The van der Waals surface area contributed by atoms with Crippen molar-refractivity contribution in [2.75, 3.05) is 0 Å². The summed E-state index contributed by atoms with van der Waals surface area (Å²) in [5.41, 5.74) is 0. The third-order valence-corrected chi connectivity index (χ3v) is 13.8. The fraction of sp³-hybridized carbons (Fsp3) is 0. The predicted octanol–water partition coefficient (Wildman–Crippen LogP) is 8.33. The van der Waals surface area contributed by atoms with E-state index in [1.807, 2.05) is 66.7 Å². The van der Waals surface area contributed by atoms with Crippen molar-refractivity contribution in [3.8, 4) is 17.2 Å². The molecule has 4 nitrogen and oxygen atoms in total. The highest BCUT2D eigenvalue weighted by atomic mass is 31.2. The van der Waals surface area contributed by atoms with Gasteiger partial charge in [-0.25, -0.2) is 0 Å². The van der Waals surface area contributed by atoms with Crippen LogP contribution >= 0.6 is 7.26 Å². The summed E-state index contributed by atoms with van der Waals surface area (Å²) in [5, 5.41) is 33.0. The van der Waals surface area contributed by atoms with E-state index >= 15 is 0 Å². The Bertz CT molecular complexity index is 2540. The summed E-state index contributed by atoms with van der Waals surface area (Å²) in [6.45, 7) is 0. The van der Waals surface area contributed by atoms with Gasteiger partial charge in [-0.1, -0.05) is 133 Å². The van der Waals surface area contributed by atoms with Gasteiger partial charge < -0.3 is 19.4 Å². The molecule has 0 spiro atoms. The maximum absolute atomic E-state index is 10.9. The van der Waals surface area contributed by atoms with Crippen LogP contribution in [0, 0.1) is 0 Å². The maximum atomic E-state index is 10.9. The summed E-state index contributed by atoms with van der Waals surface area (Å²) in [5.74, 6) is 2.07. The Morgan fingerprint density at radius 1 is 0.389 bits per heavy atom. The van der Waals surface area contributed by atoms with Crippen LogP contribution in [-0.2, 0) is 0 Å². The van der Waals surface area contributed by atoms with Crippen LogP contribution in [0.1, 0.15) is 0 Å². The molecule has 0 fully saturated rings. The lowest BCUT2D eigenvalue weighted by atomic mass is 9.97. The van der Waals surface area contributed by atoms with Gasteiger partial charge in [0.25, 0.3) is 0 Å². The van der Waals surface area contributed by atoms with E-state index in [4.69, 9.17) is 9.39 Å². The topological polar surface area (TPSA) is 64.6 Å². The molecule has 0 aliphatic rings. The van der Waals surface area contributed by atoms with Crippen molar-refractivity contribution in [2.45, 2.75) is 0 Å². The van der Waals surface area contributed by atoms with Gasteiger partial charge >= 0.3 is 0 Å². The lowest BCUT2D eigenvalue weighted by molar-refractivity contribution is -0.372. The number of rotatable bonds is 8. The van der Waals surface area contributed by atoms with E-state index in [9.17, 15) is 10.0 Å². The smallest absolute Gasteiger partial charge is 0.170 e. The molecule has 0 aromatic heterocycles. The van der Waals surface area contributed by atoms with E-state index in [1.54, 1.807) is 12.1 Å². The molecule has 6 heteroatoms. The molecule has 0 aliphatic carbocycles. The van der Waals surface area contributed by atoms with E-state index in [-0.39, 0.29) is 0 Å². The molecule has 0 aliphatic heterocycles. The third kappa shape index (κ3) is 6.97. The Balaban J connectivity index is 0.000000164. The van der Waals surface area contributed by atoms with Crippen LogP contribution in [-0.4, -0.2) is 7.32 Å². The molecule has 0 atom stereocenters. The number of ether oxygens (including phenoxy) is 1. The fourth-order valence-corrected chi connectivity index (χ4v) is 11.6. The molecule has 0 N–H and O–H groups in total. The molecule has 260 valence electrons. The monoisotopic (exact) mass is 717 g/mol. The average Bonchev–Trinajstić information content (AvgIpc) is 3.22. The molecule has 0 saturated carbocycles. The van der Waals surface area contributed by atoms with Crippen molar-refractivity contribution < 1.29 is 19.4 Å². The van der Waals surface area contributed by atoms with E-state index in [2.05, 4.69) is 133 Å². The Hall–Kier alpha value is -6.23. The quantitative estimate of drug-likeness (QED) is 0.0687. The minimum absolute atomic E-state index is 0.341. The molecule has 0 heterocycles. The van der Waals surface area contributed by atoms with Crippen molar-refractivity contribution in [1.82, 2.24) is 0 Å². The second-order valence-corrected chi connectivity index (χ2v) is 16.2. The van der Waals surface area contributed by atoms with Gasteiger partial charge in [-0.15, -0.1) is 0 Å². The Morgan fingerprint density at radius 2 is 0.852 bits per heavy atom.